The first-order valence-corrected chi connectivity index (χ1v) is 6.05. The van der Waals surface area contributed by atoms with E-state index in [1.54, 1.807) is 19.1 Å². The number of nitrogens with zero attached hydrogens (tertiary/aromatic N) is 1. The summed E-state index contributed by atoms with van der Waals surface area (Å²) in [5, 5.41) is 10.6. The highest BCUT2D eigenvalue weighted by Gasteiger charge is 2.18. The maximum atomic E-state index is 11.6. The number of hydrogen-bond acceptors (Lipinski definition) is 3. The molecule has 0 aliphatic heterocycles. The molecule has 0 radical (unpaired) electrons. The number of benzene rings is 1. The van der Waals surface area contributed by atoms with Crippen molar-refractivity contribution in [1.82, 2.24) is 0 Å². The van der Waals surface area contributed by atoms with E-state index in [-0.39, 0.29) is 16.3 Å². The van der Waals surface area contributed by atoms with Crippen molar-refractivity contribution in [2.24, 2.45) is 0 Å². The molecule has 1 aromatic rings. The number of nitro groups is 1. The maximum absolute atomic E-state index is 11.6. The van der Waals surface area contributed by atoms with Crippen LogP contribution in [0.5, 0.6) is 0 Å². The lowest BCUT2D eigenvalue weighted by Gasteiger charge is -2.03. The molecule has 6 heteroatoms. The molecule has 0 spiro atoms. The van der Waals surface area contributed by atoms with Gasteiger partial charge in [-0.2, -0.15) is 0 Å². The number of nitro benzene ring substituents is 1. The second-order valence-electron chi connectivity index (χ2n) is 2.90. The predicted octanol–water partition coefficient (Wildman–Crippen LogP) is 3.17. The molecule has 0 N–H and O–H groups in total. The Balaban J connectivity index is 3.19. The third-order valence-electron chi connectivity index (χ3n) is 1.79. The summed E-state index contributed by atoms with van der Waals surface area (Å²) >= 11 is 5.00. The van der Waals surface area contributed by atoms with E-state index in [9.17, 15) is 14.9 Å². The summed E-state index contributed by atoms with van der Waals surface area (Å²) in [6.07, 6.45) is 0. The summed E-state index contributed by atoms with van der Waals surface area (Å²) in [6, 6.07) is 4.47. The van der Waals surface area contributed by atoms with Gasteiger partial charge in [0.05, 0.1) is 13.3 Å². The van der Waals surface area contributed by atoms with Crippen molar-refractivity contribution in [3.63, 3.8) is 0 Å². The van der Waals surface area contributed by atoms with Crippen molar-refractivity contribution in [3.05, 3.63) is 37.4 Å². The number of hydrogen-bond donors (Lipinski definition) is 0. The largest absolute Gasteiger partial charge is 0.293 e. The quantitative estimate of drug-likeness (QED) is 0.265. The molecule has 0 fully saturated rings. The normalized spacial score (nSPS) is 12.2. The Kier molecular flexibility index (Phi) is 4.21. The van der Waals surface area contributed by atoms with E-state index in [0.717, 1.165) is 0 Å². The topological polar surface area (TPSA) is 60.2 Å². The molecule has 0 saturated heterocycles. The first kappa shape index (κ1) is 12.6. The standard InChI is InChI=1S/C9H7BrINO3/c1-5(10)9(13)6-2-3-7(11)8(4-6)12(14)15/h2-5H,1H3. The number of carbonyl (C=O) groups excluding carboxylic acids is 1. The summed E-state index contributed by atoms with van der Waals surface area (Å²) < 4.78 is 0.524. The van der Waals surface area contributed by atoms with E-state index in [2.05, 4.69) is 15.9 Å². The molecule has 0 saturated carbocycles. The number of Topliss-reactive ketones (excluding diaryl/α,β-unsaturated/α-hetero) is 1. The second kappa shape index (κ2) is 5.02. The summed E-state index contributed by atoms with van der Waals surface area (Å²) in [5.74, 6) is -0.158. The van der Waals surface area contributed by atoms with Gasteiger partial charge in [-0.1, -0.05) is 15.9 Å². The molecule has 0 aliphatic rings. The second-order valence-corrected chi connectivity index (χ2v) is 5.44. The summed E-state index contributed by atoms with van der Waals surface area (Å²) in [7, 11) is 0. The van der Waals surface area contributed by atoms with Crippen molar-refractivity contribution in [2.75, 3.05) is 0 Å². The molecule has 1 rings (SSSR count). The van der Waals surface area contributed by atoms with E-state index in [1.807, 2.05) is 22.6 Å². The van der Waals surface area contributed by atoms with Gasteiger partial charge in [0.25, 0.3) is 5.69 Å². The lowest BCUT2D eigenvalue weighted by Crippen LogP contribution is -2.10. The van der Waals surface area contributed by atoms with Crippen molar-refractivity contribution in [2.45, 2.75) is 11.8 Å². The molecule has 1 aromatic carbocycles. The number of halogens is 2. The lowest BCUT2D eigenvalue weighted by molar-refractivity contribution is -0.385. The number of alkyl halides is 1. The first-order chi connectivity index (χ1) is 6.93. The van der Waals surface area contributed by atoms with Crippen LogP contribution in [0.1, 0.15) is 17.3 Å². The molecular weight excluding hydrogens is 377 g/mol. The Morgan fingerprint density at radius 3 is 2.67 bits per heavy atom. The van der Waals surface area contributed by atoms with Crippen LogP contribution in [0, 0.1) is 13.7 Å². The van der Waals surface area contributed by atoms with Gasteiger partial charge in [-0.15, -0.1) is 0 Å². The van der Waals surface area contributed by atoms with Crippen molar-refractivity contribution < 1.29 is 9.72 Å². The Labute approximate surface area is 108 Å². The monoisotopic (exact) mass is 383 g/mol. The fraction of sp³-hybridized carbons (Fsp3) is 0.222. The van der Waals surface area contributed by atoms with E-state index < -0.39 is 4.92 Å². The number of ketones is 1. The Hall–Kier alpha value is -0.500. The van der Waals surface area contributed by atoms with E-state index in [4.69, 9.17) is 0 Å². The smallest absolute Gasteiger partial charge is 0.283 e. The van der Waals surface area contributed by atoms with Gasteiger partial charge in [-0.3, -0.25) is 14.9 Å². The minimum absolute atomic E-state index is 0.0328. The minimum Gasteiger partial charge on any atom is -0.293 e. The van der Waals surface area contributed by atoms with Gasteiger partial charge in [-0.25, -0.2) is 0 Å². The van der Waals surface area contributed by atoms with E-state index in [0.29, 0.717) is 9.13 Å². The minimum atomic E-state index is -0.489. The molecule has 15 heavy (non-hydrogen) atoms. The van der Waals surface area contributed by atoms with Crippen LogP contribution in [0.25, 0.3) is 0 Å². The van der Waals surface area contributed by atoms with Crippen molar-refractivity contribution in [1.29, 1.82) is 0 Å². The van der Waals surface area contributed by atoms with E-state index in [1.165, 1.54) is 6.07 Å². The van der Waals surface area contributed by atoms with Crippen molar-refractivity contribution in [3.8, 4) is 0 Å². The van der Waals surface area contributed by atoms with Crippen LogP contribution >= 0.6 is 38.5 Å². The molecule has 80 valence electrons. The average Bonchev–Trinajstić information content (AvgIpc) is 2.16. The molecule has 0 aromatic heterocycles. The van der Waals surface area contributed by atoms with Gasteiger partial charge in [-0.05, 0) is 41.6 Å². The summed E-state index contributed by atoms with van der Waals surface area (Å²) in [5.41, 5.74) is 0.320. The van der Waals surface area contributed by atoms with Gasteiger partial charge in [0.15, 0.2) is 5.78 Å². The highest BCUT2D eigenvalue weighted by atomic mass is 127. The Bertz CT molecular complexity index is 420. The molecule has 4 nitrogen and oxygen atoms in total. The third-order valence-corrected chi connectivity index (χ3v) is 3.12. The van der Waals surface area contributed by atoms with Gasteiger partial charge in [0, 0.05) is 11.6 Å². The molecule has 0 aliphatic carbocycles. The lowest BCUT2D eigenvalue weighted by atomic mass is 10.1. The van der Waals surface area contributed by atoms with Crippen LogP contribution in [-0.4, -0.2) is 15.5 Å². The molecule has 0 amide bonds. The number of rotatable bonds is 3. The van der Waals surface area contributed by atoms with Crippen LogP contribution < -0.4 is 0 Å². The summed E-state index contributed by atoms with van der Waals surface area (Å²) in [6.45, 7) is 1.69. The molecule has 1 atom stereocenters. The van der Waals surface area contributed by atoms with Gasteiger partial charge >= 0.3 is 0 Å². The predicted molar refractivity (Wildman–Crippen MR) is 68.5 cm³/mol. The first-order valence-electron chi connectivity index (χ1n) is 4.05. The van der Waals surface area contributed by atoms with Crippen LogP contribution in [-0.2, 0) is 0 Å². The molecule has 0 heterocycles. The van der Waals surface area contributed by atoms with Gasteiger partial charge in [0.1, 0.15) is 0 Å². The fourth-order valence-electron chi connectivity index (χ4n) is 1.04. The van der Waals surface area contributed by atoms with Gasteiger partial charge < -0.3 is 0 Å². The summed E-state index contributed by atoms with van der Waals surface area (Å²) in [4.78, 5) is 21.4. The highest BCUT2D eigenvalue weighted by Crippen LogP contribution is 2.23. The zero-order valence-corrected chi connectivity index (χ0v) is 11.5. The van der Waals surface area contributed by atoms with Crippen LogP contribution in [0.15, 0.2) is 18.2 Å². The zero-order chi connectivity index (χ0) is 11.6. The average molecular weight is 384 g/mol. The van der Waals surface area contributed by atoms with Crippen LogP contribution in [0.3, 0.4) is 0 Å². The Morgan fingerprint density at radius 2 is 2.20 bits per heavy atom. The highest BCUT2D eigenvalue weighted by molar-refractivity contribution is 14.1. The number of carbonyl (C=O) groups is 1. The van der Waals surface area contributed by atoms with Crippen LogP contribution in [0.4, 0.5) is 5.69 Å². The SMILES string of the molecule is CC(Br)C(=O)c1ccc(I)c([N+](=O)[O-])c1. The molecular formula is C9H7BrINO3. The Morgan fingerprint density at radius 1 is 1.60 bits per heavy atom. The van der Waals surface area contributed by atoms with Crippen molar-refractivity contribution >= 4 is 50.0 Å². The zero-order valence-electron chi connectivity index (χ0n) is 7.74. The fourth-order valence-corrected chi connectivity index (χ4v) is 1.83. The molecule has 1 unspecified atom stereocenters. The third kappa shape index (κ3) is 2.97. The maximum Gasteiger partial charge on any atom is 0.283 e. The molecule has 0 bridgehead atoms. The van der Waals surface area contributed by atoms with E-state index >= 15 is 0 Å². The van der Waals surface area contributed by atoms with Gasteiger partial charge in [0.2, 0.25) is 0 Å². The van der Waals surface area contributed by atoms with Crippen LogP contribution in [0.2, 0.25) is 0 Å².